The second-order valence-corrected chi connectivity index (χ2v) is 8.91. The summed E-state index contributed by atoms with van der Waals surface area (Å²) in [4.78, 5) is 11.4. The van der Waals surface area contributed by atoms with E-state index in [9.17, 15) is 53.1 Å². The summed E-state index contributed by atoms with van der Waals surface area (Å²) in [5.74, 6) is -14.7. The second-order valence-electron chi connectivity index (χ2n) is 5.54. The molecule has 0 aromatic carbocycles. The fourth-order valence-electron chi connectivity index (χ4n) is 1.85. The van der Waals surface area contributed by atoms with Crippen LogP contribution in [0, 0.1) is 0 Å². The lowest BCUT2D eigenvalue weighted by molar-refractivity contribution is -0.427. The van der Waals surface area contributed by atoms with Crippen molar-refractivity contribution in [3.63, 3.8) is 0 Å². The molecule has 0 amide bonds. The maximum Gasteiger partial charge on any atom is 0.438 e. The molecule has 0 fully saturated rings. The van der Waals surface area contributed by atoms with Gasteiger partial charge in [0.2, 0.25) is 0 Å². The predicted octanol–water partition coefficient (Wildman–Crippen LogP) is 5.78. The van der Waals surface area contributed by atoms with Gasteiger partial charge in [0.15, 0.2) is 8.68 Å². The summed E-state index contributed by atoms with van der Waals surface area (Å²) in [5, 5.41) is 7.46. The number of rotatable bonds is 10. The molecular weight excluding hydrogens is 521 g/mol. The lowest BCUT2D eigenvalue weighted by atomic mass is 9.89. The van der Waals surface area contributed by atoms with Crippen LogP contribution in [0.2, 0.25) is 0 Å². The molecule has 0 atom stereocenters. The lowest BCUT2D eigenvalue weighted by Gasteiger charge is -2.39. The van der Waals surface area contributed by atoms with Gasteiger partial charge < -0.3 is 4.74 Å². The third-order valence-electron chi connectivity index (χ3n) is 3.45. The Morgan fingerprint density at radius 2 is 1.45 bits per heavy atom. The van der Waals surface area contributed by atoms with Crippen molar-refractivity contribution in [2.75, 3.05) is 18.6 Å². The molecule has 4 nitrogen and oxygen atoms in total. The molecule has 1 rings (SSSR count). The Hall–Kier alpha value is -1.04. The Kier molecular flexibility index (Phi) is 8.89. The summed E-state index contributed by atoms with van der Waals surface area (Å²) in [5.41, 5.74) is -7.52. The number of esters is 1. The van der Waals surface area contributed by atoms with E-state index in [2.05, 4.69) is 14.9 Å². The lowest BCUT2D eigenvalue weighted by Crippen LogP contribution is -2.70. The van der Waals surface area contributed by atoms with Crippen molar-refractivity contribution in [1.29, 1.82) is 0 Å². The van der Waals surface area contributed by atoms with Gasteiger partial charge in [-0.15, -0.1) is 10.2 Å². The molecule has 0 bridgehead atoms. The van der Waals surface area contributed by atoms with Crippen LogP contribution in [0.15, 0.2) is 8.68 Å². The maximum atomic E-state index is 13.5. The number of nitrogens with zero attached hydrogens (tertiary/aromatic N) is 2. The van der Waals surface area contributed by atoms with Crippen LogP contribution in [0.3, 0.4) is 0 Å². The molecular formula is C13H11F11N2O2S3. The minimum Gasteiger partial charge on any atom is -0.465 e. The van der Waals surface area contributed by atoms with Gasteiger partial charge in [-0.25, -0.2) is 4.39 Å². The summed E-state index contributed by atoms with van der Waals surface area (Å²) in [6.07, 6.45) is -16.0. The van der Waals surface area contributed by atoms with E-state index in [1.807, 2.05) is 0 Å². The molecule has 0 radical (unpaired) electrons. The molecule has 1 aromatic heterocycles. The first-order chi connectivity index (χ1) is 13.9. The molecule has 0 saturated carbocycles. The Morgan fingerprint density at radius 3 is 1.90 bits per heavy atom. The van der Waals surface area contributed by atoms with E-state index in [-0.39, 0.29) is 5.75 Å². The largest absolute Gasteiger partial charge is 0.465 e. The second kappa shape index (κ2) is 9.84. The molecule has 18 heteroatoms. The summed E-state index contributed by atoms with van der Waals surface area (Å²) in [6, 6.07) is 0. The van der Waals surface area contributed by atoms with Gasteiger partial charge in [0.05, 0.1) is 19.4 Å². The van der Waals surface area contributed by atoms with Crippen molar-refractivity contribution in [1.82, 2.24) is 10.2 Å². The van der Waals surface area contributed by atoms with E-state index in [0.717, 1.165) is 23.1 Å². The van der Waals surface area contributed by atoms with Gasteiger partial charge in [-0.05, 0) is 6.26 Å². The van der Waals surface area contributed by atoms with Crippen molar-refractivity contribution < 1.29 is 57.8 Å². The molecule has 31 heavy (non-hydrogen) atoms. The highest BCUT2D eigenvalue weighted by molar-refractivity contribution is 8.02. The van der Waals surface area contributed by atoms with Gasteiger partial charge in [-0.2, -0.15) is 43.9 Å². The molecule has 0 aliphatic carbocycles. The van der Waals surface area contributed by atoms with Crippen LogP contribution in [0.1, 0.15) is 12.8 Å². The van der Waals surface area contributed by atoms with Crippen LogP contribution in [-0.4, -0.2) is 64.6 Å². The molecule has 0 saturated heterocycles. The Balaban J connectivity index is 2.68. The molecule has 180 valence electrons. The van der Waals surface area contributed by atoms with Crippen LogP contribution in [-0.2, 0) is 9.53 Å². The number of thioether (sulfide) groups is 2. The van der Waals surface area contributed by atoms with Gasteiger partial charge in [0.25, 0.3) is 0 Å². The maximum absolute atomic E-state index is 13.5. The average Bonchev–Trinajstić information content (AvgIpc) is 3.06. The third kappa shape index (κ3) is 6.06. The van der Waals surface area contributed by atoms with Crippen LogP contribution < -0.4 is 0 Å². The number of aromatic nitrogens is 2. The summed E-state index contributed by atoms with van der Waals surface area (Å²) >= 11 is 3.45. The van der Waals surface area contributed by atoms with Crippen molar-refractivity contribution in [2.24, 2.45) is 0 Å². The first-order valence-electron chi connectivity index (χ1n) is 7.64. The first kappa shape index (κ1) is 28.0. The average molecular weight is 532 g/mol. The van der Waals surface area contributed by atoms with Crippen molar-refractivity contribution in [2.45, 2.75) is 51.4 Å². The zero-order valence-electron chi connectivity index (χ0n) is 14.9. The first-order valence-corrected chi connectivity index (χ1v) is 10.7. The van der Waals surface area contributed by atoms with Gasteiger partial charge in [0.1, 0.15) is 0 Å². The van der Waals surface area contributed by atoms with Gasteiger partial charge in [-0.3, -0.25) is 4.79 Å². The number of ether oxygens (including phenoxy) is 1. The summed E-state index contributed by atoms with van der Waals surface area (Å²) in [6.45, 7) is -1.67. The van der Waals surface area contributed by atoms with Crippen molar-refractivity contribution in [3.05, 3.63) is 0 Å². The summed E-state index contributed by atoms with van der Waals surface area (Å²) < 4.78 is 147. The Labute approximate surface area is 179 Å². The highest BCUT2D eigenvalue weighted by Crippen LogP contribution is 2.59. The van der Waals surface area contributed by atoms with Gasteiger partial charge in [-0.1, -0.05) is 34.9 Å². The number of hydrogen-bond donors (Lipinski definition) is 0. The summed E-state index contributed by atoms with van der Waals surface area (Å²) in [7, 11) is 0. The molecule has 1 aromatic rings. The van der Waals surface area contributed by atoms with E-state index in [4.69, 9.17) is 0 Å². The van der Waals surface area contributed by atoms with E-state index >= 15 is 0 Å². The SMILES string of the molecule is CSc1nnc(SCCC(=O)OCCC(F)(F)C(F)(F)C(F)(C(F)(F)F)C(F)(F)F)s1. The van der Waals surface area contributed by atoms with Crippen molar-refractivity contribution in [3.8, 4) is 0 Å². The van der Waals surface area contributed by atoms with Crippen LogP contribution in [0.5, 0.6) is 0 Å². The number of carbonyl (C=O) groups excluding carboxylic acids is 1. The fraction of sp³-hybridized carbons (Fsp3) is 0.769. The molecule has 1 heterocycles. The van der Waals surface area contributed by atoms with Crippen LogP contribution in [0.4, 0.5) is 48.3 Å². The minimum absolute atomic E-state index is 0.0237. The number of carbonyl (C=O) groups is 1. The zero-order valence-corrected chi connectivity index (χ0v) is 17.4. The van der Waals surface area contributed by atoms with Gasteiger partial charge >= 0.3 is 35.8 Å². The highest BCUT2D eigenvalue weighted by atomic mass is 32.2. The fourth-order valence-corrected chi connectivity index (χ4v) is 4.28. The topological polar surface area (TPSA) is 52.1 Å². The van der Waals surface area contributed by atoms with Gasteiger partial charge in [0, 0.05) is 5.75 Å². The third-order valence-corrected chi connectivity index (χ3v) is 6.48. The molecule has 0 spiro atoms. The van der Waals surface area contributed by atoms with E-state index < -0.39 is 55.3 Å². The molecule has 0 unspecified atom stereocenters. The standard InChI is InChI=1S/C13H11F11N2O2S3/c1-29-7-25-26-8(31-7)30-5-2-6(27)28-4-3-9(14,15)11(17,18)10(16,12(19,20)21)13(22,23)24/h2-5H2,1H3. The number of alkyl halides is 11. The molecule has 0 aliphatic heterocycles. The molecule has 0 aliphatic rings. The predicted molar refractivity (Wildman–Crippen MR) is 88.5 cm³/mol. The van der Waals surface area contributed by atoms with E-state index in [1.54, 1.807) is 6.26 Å². The Bertz CT molecular complexity index is 738. The Morgan fingerprint density at radius 1 is 0.935 bits per heavy atom. The normalized spacial score (nSPS) is 14.1. The zero-order chi connectivity index (χ0) is 24.3. The number of hydrogen-bond acceptors (Lipinski definition) is 7. The minimum atomic E-state index is -7.52. The smallest absolute Gasteiger partial charge is 0.438 e. The molecule has 0 N–H and O–H groups in total. The van der Waals surface area contributed by atoms with Crippen LogP contribution in [0.25, 0.3) is 0 Å². The highest BCUT2D eigenvalue weighted by Gasteiger charge is 2.89. The van der Waals surface area contributed by atoms with E-state index in [0.29, 0.717) is 8.68 Å². The van der Waals surface area contributed by atoms with Crippen molar-refractivity contribution >= 4 is 40.8 Å². The van der Waals surface area contributed by atoms with E-state index in [1.165, 1.54) is 11.8 Å². The van der Waals surface area contributed by atoms with Crippen LogP contribution >= 0.6 is 34.9 Å². The quantitative estimate of drug-likeness (QED) is 0.217. The number of halogens is 11. The monoisotopic (exact) mass is 532 g/mol.